The summed E-state index contributed by atoms with van der Waals surface area (Å²) in [4.78, 5) is 24.2. The molecule has 0 aliphatic rings. The van der Waals surface area contributed by atoms with Gasteiger partial charge in [-0.1, -0.05) is 29.8 Å². The van der Waals surface area contributed by atoms with Gasteiger partial charge in [0.05, 0.1) is 5.56 Å². The lowest BCUT2D eigenvalue weighted by atomic mass is 10.1. The smallest absolute Gasteiger partial charge is 0.251 e. The van der Waals surface area contributed by atoms with Crippen molar-refractivity contribution in [1.82, 2.24) is 0 Å². The number of rotatable bonds is 5. The van der Waals surface area contributed by atoms with E-state index in [0.717, 1.165) is 10.4 Å². The molecule has 1 heterocycles. The van der Waals surface area contributed by atoms with E-state index in [1.165, 1.54) is 16.9 Å². The van der Waals surface area contributed by atoms with E-state index in [1.807, 2.05) is 38.1 Å². The summed E-state index contributed by atoms with van der Waals surface area (Å²) in [6, 6.07) is 9.80. The number of amides is 2. The van der Waals surface area contributed by atoms with Crippen LogP contribution in [0.5, 0.6) is 0 Å². The highest BCUT2D eigenvalue weighted by Gasteiger charge is 2.14. The van der Waals surface area contributed by atoms with Crippen LogP contribution in [0.2, 0.25) is 0 Å². The molecule has 0 saturated carbocycles. The van der Waals surface area contributed by atoms with Crippen molar-refractivity contribution in [3.05, 3.63) is 51.9 Å². The number of thiophene rings is 1. The molecule has 0 unspecified atom stereocenters. The summed E-state index contributed by atoms with van der Waals surface area (Å²) >= 11 is 1.36. The Balaban J connectivity index is 1.96. The van der Waals surface area contributed by atoms with Crippen LogP contribution in [-0.4, -0.2) is 11.8 Å². The summed E-state index contributed by atoms with van der Waals surface area (Å²) in [5.74, 6) is -0.631. The summed E-state index contributed by atoms with van der Waals surface area (Å²) in [6.07, 6.45) is 1.04. The minimum atomic E-state index is -0.520. The molecule has 5 heteroatoms. The zero-order valence-electron chi connectivity index (χ0n) is 12.1. The Morgan fingerprint density at radius 3 is 2.48 bits per heavy atom. The standard InChI is InChI=1S/C16H18N2O2S/c1-10-3-5-12(6-4-10)7-8-14(19)18-16-13(15(17)20)9-11(2)21-16/h3-6,9H,7-8H2,1-2H3,(H2,17,20)(H,18,19). The van der Waals surface area contributed by atoms with Gasteiger partial charge in [-0.15, -0.1) is 11.3 Å². The highest BCUT2D eigenvalue weighted by molar-refractivity contribution is 7.16. The average Bonchev–Trinajstić information content (AvgIpc) is 2.79. The maximum Gasteiger partial charge on any atom is 0.251 e. The molecule has 21 heavy (non-hydrogen) atoms. The predicted molar refractivity (Wildman–Crippen MR) is 85.7 cm³/mol. The quantitative estimate of drug-likeness (QED) is 0.891. The minimum Gasteiger partial charge on any atom is -0.366 e. The molecule has 3 N–H and O–H groups in total. The lowest BCUT2D eigenvalue weighted by molar-refractivity contribution is -0.116. The molecule has 0 aliphatic heterocycles. The van der Waals surface area contributed by atoms with Crippen molar-refractivity contribution in [2.75, 3.05) is 5.32 Å². The molecule has 0 atom stereocenters. The normalized spacial score (nSPS) is 10.4. The fourth-order valence-electron chi connectivity index (χ4n) is 1.99. The van der Waals surface area contributed by atoms with E-state index in [9.17, 15) is 9.59 Å². The van der Waals surface area contributed by atoms with Gasteiger partial charge >= 0.3 is 0 Å². The maximum absolute atomic E-state index is 12.0. The van der Waals surface area contributed by atoms with E-state index in [2.05, 4.69) is 5.32 Å². The Hall–Kier alpha value is -2.14. The number of nitrogens with two attached hydrogens (primary N) is 1. The molecule has 2 amide bonds. The molecule has 2 aromatic rings. The zero-order chi connectivity index (χ0) is 15.4. The van der Waals surface area contributed by atoms with Gasteiger partial charge in [0, 0.05) is 11.3 Å². The van der Waals surface area contributed by atoms with Crippen LogP contribution in [0.15, 0.2) is 30.3 Å². The van der Waals surface area contributed by atoms with E-state index in [-0.39, 0.29) is 5.91 Å². The number of nitrogens with one attached hydrogen (secondary N) is 1. The summed E-state index contributed by atoms with van der Waals surface area (Å²) in [5.41, 5.74) is 7.99. The predicted octanol–water partition coefficient (Wildman–Crippen LogP) is 3.04. The molecule has 2 rings (SSSR count). The van der Waals surface area contributed by atoms with Crippen LogP contribution < -0.4 is 11.1 Å². The first-order chi connectivity index (χ1) is 9.95. The number of hydrogen-bond donors (Lipinski definition) is 2. The molecular weight excluding hydrogens is 284 g/mol. The van der Waals surface area contributed by atoms with Gasteiger partial charge in [-0.2, -0.15) is 0 Å². The van der Waals surface area contributed by atoms with Crippen molar-refractivity contribution >= 4 is 28.2 Å². The Bertz CT molecular complexity index is 659. The Morgan fingerprint density at radius 1 is 1.19 bits per heavy atom. The minimum absolute atomic E-state index is 0.111. The van der Waals surface area contributed by atoms with Crippen molar-refractivity contribution in [3.63, 3.8) is 0 Å². The molecule has 0 radical (unpaired) electrons. The number of anilines is 1. The number of carbonyl (C=O) groups excluding carboxylic acids is 2. The van der Waals surface area contributed by atoms with Gasteiger partial charge in [0.1, 0.15) is 5.00 Å². The summed E-state index contributed by atoms with van der Waals surface area (Å²) < 4.78 is 0. The second-order valence-electron chi connectivity index (χ2n) is 5.00. The number of aryl methyl sites for hydroxylation is 3. The van der Waals surface area contributed by atoms with Gasteiger partial charge in [-0.3, -0.25) is 9.59 Å². The second-order valence-corrected chi connectivity index (χ2v) is 6.25. The van der Waals surface area contributed by atoms with Crippen molar-refractivity contribution in [1.29, 1.82) is 0 Å². The van der Waals surface area contributed by atoms with Crippen LogP contribution >= 0.6 is 11.3 Å². The third kappa shape index (κ3) is 4.16. The largest absolute Gasteiger partial charge is 0.366 e. The maximum atomic E-state index is 12.0. The number of benzene rings is 1. The molecule has 1 aromatic carbocycles. The molecule has 0 fully saturated rings. The highest BCUT2D eigenvalue weighted by Crippen LogP contribution is 2.27. The summed E-state index contributed by atoms with van der Waals surface area (Å²) in [6.45, 7) is 3.90. The van der Waals surface area contributed by atoms with Crippen LogP contribution in [0.25, 0.3) is 0 Å². The van der Waals surface area contributed by atoms with Crippen LogP contribution in [0.4, 0.5) is 5.00 Å². The lowest BCUT2D eigenvalue weighted by Crippen LogP contribution is -2.16. The second kappa shape index (κ2) is 6.54. The molecule has 1 aromatic heterocycles. The Labute approximate surface area is 128 Å². The van der Waals surface area contributed by atoms with E-state index in [0.29, 0.717) is 23.4 Å². The molecule has 4 nitrogen and oxygen atoms in total. The van der Waals surface area contributed by atoms with Crippen LogP contribution in [0.3, 0.4) is 0 Å². The molecule has 0 bridgehead atoms. The van der Waals surface area contributed by atoms with E-state index in [1.54, 1.807) is 6.07 Å². The van der Waals surface area contributed by atoms with Gasteiger partial charge in [0.2, 0.25) is 5.91 Å². The SMILES string of the molecule is Cc1ccc(CCC(=O)Nc2sc(C)cc2C(N)=O)cc1. The van der Waals surface area contributed by atoms with E-state index < -0.39 is 5.91 Å². The first-order valence-electron chi connectivity index (χ1n) is 6.71. The lowest BCUT2D eigenvalue weighted by Gasteiger charge is -2.05. The third-order valence-electron chi connectivity index (χ3n) is 3.14. The van der Waals surface area contributed by atoms with Gasteiger partial charge < -0.3 is 11.1 Å². The molecule has 0 aliphatic carbocycles. The molecule has 110 valence electrons. The van der Waals surface area contributed by atoms with Gasteiger partial charge in [-0.05, 0) is 31.9 Å². The molecular formula is C16H18N2O2S. The number of hydrogen-bond acceptors (Lipinski definition) is 3. The Kier molecular flexibility index (Phi) is 4.75. The first-order valence-corrected chi connectivity index (χ1v) is 7.53. The van der Waals surface area contributed by atoms with E-state index >= 15 is 0 Å². The topological polar surface area (TPSA) is 72.2 Å². The van der Waals surface area contributed by atoms with Crippen LogP contribution in [0.1, 0.15) is 32.8 Å². The van der Waals surface area contributed by atoms with Gasteiger partial charge in [0.25, 0.3) is 5.91 Å². The van der Waals surface area contributed by atoms with Gasteiger partial charge in [0.15, 0.2) is 0 Å². The van der Waals surface area contributed by atoms with Crippen molar-refractivity contribution in [2.24, 2.45) is 5.73 Å². The average molecular weight is 302 g/mol. The van der Waals surface area contributed by atoms with Crippen molar-refractivity contribution in [3.8, 4) is 0 Å². The zero-order valence-corrected chi connectivity index (χ0v) is 12.9. The summed E-state index contributed by atoms with van der Waals surface area (Å²) in [7, 11) is 0. The van der Waals surface area contributed by atoms with E-state index in [4.69, 9.17) is 5.73 Å². The number of primary amides is 1. The first kappa shape index (κ1) is 15.3. The fourth-order valence-corrected chi connectivity index (χ4v) is 2.92. The van der Waals surface area contributed by atoms with Gasteiger partial charge in [-0.25, -0.2) is 0 Å². The summed E-state index contributed by atoms with van der Waals surface area (Å²) in [5, 5.41) is 3.31. The van der Waals surface area contributed by atoms with Crippen LogP contribution in [-0.2, 0) is 11.2 Å². The number of carbonyl (C=O) groups is 2. The molecule has 0 spiro atoms. The van der Waals surface area contributed by atoms with Crippen LogP contribution in [0, 0.1) is 13.8 Å². The van der Waals surface area contributed by atoms with Crippen molar-refractivity contribution < 1.29 is 9.59 Å². The highest BCUT2D eigenvalue weighted by atomic mass is 32.1. The third-order valence-corrected chi connectivity index (χ3v) is 4.10. The van der Waals surface area contributed by atoms with Crippen molar-refractivity contribution in [2.45, 2.75) is 26.7 Å². The molecule has 0 saturated heterocycles. The Morgan fingerprint density at radius 2 is 1.86 bits per heavy atom. The fraction of sp³-hybridized carbons (Fsp3) is 0.250. The monoisotopic (exact) mass is 302 g/mol.